The summed E-state index contributed by atoms with van der Waals surface area (Å²) in [6, 6.07) is 10.1. The van der Waals surface area contributed by atoms with Crippen molar-refractivity contribution in [1.29, 1.82) is 0 Å². The van der Waals surface area contributed by atoms with Crippen LogP contribution in [-0.2, 0) is 0 Å². The summed E-state index contributed by atoms with van der Waals surface area (Å²) in [5.74, 6) is 1.57. The van der Waals surface area contributed by atoms with Gasteiger partial charge in [-0.05, 0) is 50.7 Å². The van der Waals surface area contributed by atoms with Gasteiger partial charge >= 0.3 is 0 Å². The van der Waals surface area contributed by atoms with E-state index in [0.717, 1.165) is 32.8 Å². The van der Waals surface area contributed by atoms with Gasteiger partial charge in [-0.3, -0.25) is 0 Å². The zero-order valence-corrected chi connectivity index (χ0v) is 14.2. The van der Waals surface area contributed by atoms with Crippen molar-refractivity contribution in [1.82, 2.24) is 20.3 Å². The van der Waals surface area contributed by atoms with Gasteiger partial charge in [0.25, 0.3) is 0 Å². The second-order valence-electron chi connectivity index (χ2n) is 5.32. The number of hydrogen-bond donors (Lipinski definition) is 2. The highest BCUT2D eigenvalue weighted by molar-refractivity contribution is 7.15. The van der Waals surface area contributed by atoms with E-state index in [1.165, 1.54) is 0 Å². The van der Waals surface area contributed by atoms with E-state index in [0.29, 0.717) is 0 Å². The van der Waals surface area contributed by atoms with Crippen LogP contribution in [0.25, 0.3) is 10.6 Å². The first kappa shape index (κ1) is 15.6. The van der Waals surface area contributed by atoms with Gasteiger partial charge in [-0.1, -0.05) is 6.07 Å². The van der Waals surface area contributed by atoms with Gasteiger partial charge in [-0.2, -0.15) is 0 Å². The van der Waals surface area contributed by atoms with Gasteiger partial charge in [0.1, 0.15) is 16.6 Å². The van der Waals surface area contributed by atoms with Gasteiger partial charge in [-0.25, -0.2) is 15.0 Å². The molecule has 0 saturated heterocycles. The maximum Gasteiger partial charge on any atom is 0.132 e. The molecule has 2 N–H and O–H groups in total. The van der Waals surface area contributed by atoms with Crippen molar-refractivity contribution in [3.05, 3.63) is 53.3 Å². The molecule has 0 unspecified atom stereocenters. The van der Waals surface area contributed by atoms with Gasteiger partial charge in [0.2, 0.25) is 0 Å². The summed E-state index contributed by atoms with van der Waals surface area (Å²) in [5.41, 5.74) is 2.07. The monoisotopic (exact) mass is 325 g/mol. The average Bonchev–Trinajstić information content (AvgIpc) is 3.04. The number of aromatic nitrogens is 3. The number of nitrogens with one attached hydrogen (secondary N) is 2. The van der Waals surface area contributed by atoms with Crippen LogP contribution in [0.3, 0.4) is 0 Å². The lowest BCUT2D eigenvalue weighted by Crippen LogP contribution is -2.11. The maximum atomic E-state index is 4.67. The summed E-state index contributed by atoms with van der Waals surface area (Å²) in [5, 5.41) is 7.51. The molecule has 0 saturated carbocycles. The highest BCUT2D eigenvalue weighted by Crippen LogP contribution is 2.28. The molecule has 0 spiro atoms. The predicted octanol–water partition coefficient (Wildman–Crippen LogP) is 3.93. The van der Waals surface area contributed by atoms with E-state index >= 15 is 0 Å². The standard InChI is InChI=1S/C17H19N5S/c1-11-7-8-19-16(9-11)22-15-6-4-5-13(21-15)14-10-20-17(23-14)12(2)18-3/h4-10,12,18H,1-3H3,(H,19,21,22)/t12-/m0/s1. The van der Waals surface area contributed by atoms with Crippen molar-refractivity contribution in [3.8, 4) is 10.6 Å². The van der Waals surface area contributed by atoms with Gasteiger partial charge in [0.05, 0.1) is 16.6 Å². The normalized spacial score (nSPS) is 12.1. The Hall–Kier alpha value is -2.31. The third-order valence-corrected chi connectivity index (χ3v) is 4.70. The van der Waals surface area contributed by atoms with Crippen LogP contribution in [0.5, 0.6) is 0 Å². The van der Waals surface area contributed by atoms with Gasteiger partial charge < -0.3 is 10.6 Å². The Labute approximate surface area is 139 Å². The highest BCUT2D eigenvalue weighted by Gasteiger charge is 2.11. The van der Waals surface area contributed by atoms with Crippen molar-refractivity contribution in [3.63, 3.8) is 0 Å². The van der Waals surface area contributed by atoms with Crippen LogP contribution in [0, 0.1) is 6.92 Å². The average molecular weight is 325 g/mol. The van der Waals surface area contributed by atoms with Crippen LogP contribution in [-0.4, -0.2) is 22.0 Å². The Bertz CT molecular complexity index is 799. The molecule has 0 aromatic carbocycles. The molecule has 0 aliphatic rings. The lowest BCUT2D eigenvalue weighted by molar-refractivity contribution is 0.647. The Morgan fingerprint density at radius 2 is 2.00 bits per heavy atom. The van der Waals surface area contributed by atoms with Crippen LogP contribution in [0.4, 0.5) is 11.6 Å². The quantitative estimate of drug-likeness (QED) is 0.744. The number of aryl methyl sites for hydroxylation is 1. The second-order valence-corrected chi connectivity index (χ2v) is 6.39. The van der Waals surface area contributed by atoms with Gasteiger partial charge in [-0.15, -0.1) is 11.3 Å². The van der Waals surface area contributed by atoms with Crippen molar-refractivity contribution in [2.45, 2.75) is 19.9 Å². The molecule has 3 rings (SSSR count). The van der Waals surface area contributed by atoms with Gasteiger partial charge in [0.15, 0.2) is 0 Å². The molecule has 3 aromatic heterocycles. The molecule has 0 aliphatic heterocycles. The van der Waals surface area contributed by atoms with E-state index < -0.39 is 0 Å². The summed E-state index contributed by atoms with van der Waals surface area (Å²) in [6.07, 6.45) is 3.67. The third-order valence-electron chi connectivity index (χ3n) is 3.50. The van der Waals surface area contributed by atoms with Crippen LogP contribution in [0.15, 0.2) is 42.7 Å². The number of hydrogen-bond acceptors (Lipinski definition) is 6. The molecule has 3 heterocycles. The lowest BCUT2D eigenvalue weighted by atomic mass is 10.3. The molecule has 1 atom stereocenters. The molecule has 6 heteroatoms. The van der Waals surface area contributed by atoms with Crippen LogP contribution < -0.4 is 10.6 Å². The Morgan fingerprint density at radius 3 is 2.78 bits per heavy atom. The molecule has 23 heavy (non-hydrogen) atoms. The summed E-state index contributed by atoms with van der Waals surface area (Å²) >= 11 is 1.66. The van der Waals surface area contributed by atoms with E-state index in [-0.39, 0.29) is 6.04 Å². The van der Waals surface area contributed by atoms with E-state index in [1.54, 1.807) is 17.5 Å². The molecule has 3 aromatic rings. The van der Waals surface area contributed by atoms with E-state index in [4.69, 9.17) is 0 Å². The molecule has 0 aliphatic carbocycles. The highest BCUT2D eigenvalue weighted by atomic mass is 32.1. The van der Waals surface area contributed by atoms with E-state index in [1.807, 2.05) is 50.5 Å². The summed E-state index contributed by atoms with van der Waals surface area (Å²) in [7, 11) is 1.93. The molecule has 0 amide bonds. The fourth-order valence-corrected chi connectivity index (χ4v) is 3.06. The summed E-state index contributed by atoms with van der Waals surface area (Å²) in [6.45, 7) is 4.13. The molecule has 0 radical (unpaired) electrons. The third kappa shape index (κ3) is 3.72. The first-order chi connectivity index (χ1) is 11.2. The Kier molecular flexibility index (Phi) is 4.64. The molecule has 5 nitrogen and oxygen atoms in total. The molecule has 0 fully saturated rings. The van der Waals surface area contributed by atoms with Gasteiger partial charge in [0, 0.05) is 12.4 Å². The number of nitrogens with zero attached hydrogens (tertiary/aromatic N) is 3. The minimum absolute atomic E-state index is 0.242. The Balaban J connectivity index is 1.83. The Morgan fingerprint density at radius 1 is 1.13 bits per heavy atom. The number of anilines is 2. The van der Waals surface area contributed by atoms with Crippen molar-refractivity contribution < 1.29 is 0 Å². The fourth-order valence-electron chi connectivity index (χ4n) is 2.11. The van der Waals surface area contributed by atoms with E-state index in [9.17, 15) is 0 Å². The molecular weight excluding hydrogens is 306 g/mol. The van der Waals surface area contributed by atoms with Crippen LogP contribution in [0.2, 0.25) is 0 Å². The topological polar surface area (TPSA) is 62.7 Å². The van der Waals surface area contributed by atoms with E-state index in [2.05, 4.69) is 32.5 Å². The SMILES string of the molecule is CN[C@@H](C)c1ncc(-c2cccc(Nc3cc(C)ccn3)n2)s1. The molecule has 0 bridgehead atoms. The summed E-state index contributed by atoms with van der Waals surface area (Å²) < 4.78 is 0. The zero-order valence-electron chi connectivity index (χ0n) is 13.4. The van der Waals surface area contributed by atoms with Crippen molar-refractivity contribution >= 4 is 23.0 Å². The predicted molar refractivity (Wildman–Crippen MR) is 95.1 cm³/mol. The molecular formula is C17H19N5S. The largest absolute Gasteiger partial charge is 0.325 e. The van der Waals surface area contributed by atoms with Crippen LogP contribution in [0.1, 0.15) is 23.5 Å². The molecule has 118 valence electrons. The minimum atomic E-state index is 0.242. The number of rotatable bonds is 5. The maximum absolute atomic E-state index is 4.67. The number of pyridine rings is 2. The lowest BCUT2D eigenvalue weighted by Gasteiger charge is -2.06. The van der Waals surface area contributed by atoms with Crippen molar-refractivity contribution in [2.75, 3.05) is 12.4 Å². The zero-order chi connectivity index (χ0) is 16.2. The first-order valence-corrected chi connectivity index (χ1v) is 8.27. The smallest absolute Gasteiger partial charge is 0.132 e. The second kappa shape index (κ2) is 6.85. The number of thiazole rings is 1. The fraction of sp³-hybridized carbons (Fsp3) is 0.235. The minimum Gasteiger partial charge on any atom is -0.325 e. The summed E-state index contributed by atoms with van der Waals surface area (Å²) in [4.78, 5) is 14.5. The first-order valence-electron chi connectivity index (χ1n) is 7.46. The van der Waals surface area contributed by atoms with Crippen LogP contribution >= 0.6 is 11.3 Å². The van der Waals surface area contributed by atoms with Crippen molar-refractivity contribution in [2.24, 2.45) is 0 Å².